The van der Waals surface area contributed by atoms with E-state index in [1.165, 1.54) is 36.8 Å². The molecule has 3 aromatic rings. The van der Waals surface area contributed by atoms with Gasteiger partial charge in [0.25, 0.3) is 0 Å². The smallest absolute Gasteiger partial charge is 0.143 e. The standard InChI is InChI=1S/C9H10N4.C9H10O/c10-8-6-3-7(5-1-2-5)13-9(6)12-4-11-8;1-2-6-9-8(4-1)5-3-7-10-9/h3-5H,1-2H2,(H3,10,11,12,13);1-2,4,6H,3,5,7H2. The fourth-order valence-electron chi connectivity index (χ4n) is 2.89. The van der Waals surface area contributed by atoms with Crippen LogP contribution in [-0.2, 0) is 6.42 Å². The van der Waals surface area contributed by atoms with E-state index < -0.39 is 0 Å². The average Bonchev–Trinajstić information content (AvgIpc) is 3.35. The van der Waals surface area contributed by atoms with Gasteiger partial charge in [0.2, 0.25) is 0 Å². The number of aromatic nitrogens is 3. The minimum absolute atomic E-state index is 0.563. The van der Waals surface area contributed by atoms with Gasteiger partial charge in [-0.05, 0) is 49.3 Å². The predicted molar refractivity (Wildman–Crippen MR) is 90.5 cm³/mol. The molecule has 0 unspecified atom stereocenters. The highest BCUT2D eigenvalue weighted by atomic mass is 16.5. The molecule has 0 spiro atoms. The number of aromatic amines is 1. The zero-order valence-electron chi connectivity index (χ0n) is 13.0. The Morgan fingerprint density at radius 3 is 2.83 bits per heavy atom. The van der Waals surface area contributed by atoms with Gasteiger partial charge < -0.3 is 15.5 Å². The minimum Gasteiger partial charge on any atom is -0.493 e. The van der Waals surface area contributed by atoms with E-state index in [1.807, 2.05) is 12.1 Å². The molecule has 0 bridgehead atoms. The lowest BCUT2D eigenvalue weighted by Gasteiger charge is -2.15. The van der Waals surface area contributed by atoms with Crippen LogP contribution in [0, 0.1) is 0 Å². The largest absolute Gasteiger partial charge is 0.493 e. The van der Waals surface area contributed by atoms with Gasteiger partial charge in [0.05, 0.1) is 12.0 Å². The molecule has 0 radical (unpaired) electrons. The Kier molecular flexibility index (Phi) is 3.61. The van der Waals surface area contributed by atoms with Crippen molar-refractivity contribution in [1.29, 1.82) is 0 Å². The molecule has 0 saturated heterocycles. The molecule has 5 nitrogen and oxygen atoms in total. The molecule has 1 aliphatic heterocycles. The molecular weight excluding hydrogens is 288 g/mol. The maximum absolute atomic E-state index is 5.72. The van der Waals surface area contributed by atoms with Crippen molar-refractivity contribution in [2.24, 2.45) is 0 Å². The molecule has 5 rings (SSSR count). The Bertz CT molecular complexity index is 798. The van der Waals surface area contributed by atoms with Crippen LogP contribution in [0.25, 0.3) is 11.0 Å². The molecule has 1 saturated carbocycles. The fraction of sp³-hybridized carbons (Fsp3) is 0.333. The lowest BCUT2D eigenvalue weighted by Crippen LogP contribution is -2.07. The van der Waals surface area contributed by atoms with Crippen LogP contribution < -0.4 is 10.5 Å². The fourth-order valence-corrected chi connectivity index (χ4v) is 2.89. The predicted octanol–water partition coefficient (Wildman–Crippen LogP) is 3.43. The number of ether oxygens (including phenoxy) is 1. The second kappa shape index (κ2) is 5.91. The summed E-state index contributed by atoms with van der Waals surface area (Å²) in [5.41, 5.74) is 9.18. The SMILES string of the molecule is Nc1ncnc2[nH]c(C3CC3)cc12.c1ccc2c(c1)CCCO2. The van der Waals surface area contributed by atoms with E-state index in [9.17, 15) is 0 Å². The van der Waals surface area contributed by atoms with Crippen LogP contribution in [0.2, 0.25) is 0 Å². The van der Waals surface area contributed by atoms with E-state index >= 15 is 0 Å². The molecule has 3 heterocycles. The van der Waals surface area contributed by atoms with Gasteiger partial charge in [-0.1, -0.05) is 18.2 Å². The Morgan fingerprint density at radius 1 is 1.17 bits per heavy atom. The zero-order chi connectivity index (χ0) is 15.6. The third-order valence-electron chi connectivity index (χ3n) is 4.32. The van der Waals surface area contributed by atoms with E-state index in [2.05, 4.69) is 33.2 Å². The normalized spacial score (nSPS) is 16.2. The minimum atomic E-state index is 0.563. The van der Waals surface area contributed by atoms with Gasteiger partial charge in [0.1, 0.15) is 23.5 Å². The number of para-hydroxylation sites is 1. The van der Waals surface area contributed by atoms with Crippen LogP contribution in [-0.4, -0.2) is 21.6 Å². The van der Waals surface area contributed by atoms with Gasteiger partial charge in [0.15, 0.2) is 0 Å². The molecular formula is C18H20N4O. The molecule has 1 aromatic carbocycles. The lowest BCUT2D eigenvalue weighted by molar-refractivity contribution is 0.288. The van der Waals surface area contributed by atoms with Gasteiger partial charge in [-0.25, -0.2) is 9.97 Å². The van der Waals surface area contributed by atoms with Crippen LogP contribution in [0.4, 0.5) is 5.82 Å². The van der Waals surface area contributed by atoms with Crippen LogP contribution >= 0.6 is 0 Å². The molecule has 1 fully saturated rings. The second-order valence-corrected chi connectivity index (χ2v) is 6.08. The van der Waals surface area contributed by atoms with Crippen molar-refractivity contribution < 1.29 is 4.74 Å². The lowest BCUT2D eigenvalue weighted by atomic mass is 10.1. The van der Waals surface area contributed by atoms with Gasteiger partial charge in [0, 0.05) is 5.69 Å². The van der Waals surface area contributed by atoms with E-state index in [0.717, 1.165) is 29.8 Å². The van der Waals surface area contributed by atoms with E-state index in [1.54, 1.807) is 0 Å². The number of nitrogens with one attached hydrogen (secondary N) is 1. The van der Waals surface area contributed by atoms with Crippen molar-refractivity contribution in [1.82, 2.24) is 15.0 Å². The van der Waals surface area contributed by atoms with E-state index in [4.69, 9.17) is 10.5 Å². The van der Waals surface area contributed by atoms with Crippen LogP contribution in [0.1, 0.15) is 36.4 Å². The van der Waals surface area contributed by atoms with Crippen LogP contribution in [0.15, 0.2) is 36.7 Å². The van der Waals surface area contributed by atoms with Gasteiger partial charge in [-0.2, -0.15) is 0 Å². The van der Waals surface area contributed by atoms with Crippen molar-refractivity contribution in [2.45, 2.75) is 31.6 Å². The second-order valence-electron chi connectivity index (χ2n) is 6.08. The molecule has 0 atom stereocenters. The molecule has 2 aliphatic rings. The van der Waals surface area contributed by atoms with Crippen molar-refractivity contribution in [3.8, 4) is 5.75 Å². The third-order valence-corrected chi connectivity index (χ3v) is 4.32. The highest BCUT2D eigenvalue weighted by Crippen LogP contribution is 2.40. The summed E-state index contributed by atoms with van der Waals surface area (Å²) in [7, 11) is 0. The number of hydrogen-bond donors (Lipinski definition) is 2. The van der Waals surface area contributed by atoms with Crippen molar-refractivity contribution in [2.75, 3.05) is 12.3 Å². The summed E-state index contributed by atoms with van der Waals surface area (Å²) in [6.45, 7) is 0.886. The highest BCUT2D eigenvalue weighted by molar-refractivity contribution is 5.86. The number of hydrogen-bond acceptors (Lipinski definition) is 4. The molecule has 2 aromatic heterocycles. The number of fused-ring (bicyclic) bond motifs is 2. The first kappa shape index (κ1) is 14.1. The van der Waals surface area contributed by atoms with Gasteiger partial charge in [-0.15, -0.1) is 0 Å². The average molecular weight is 308 g/mol. The van der Waals surface area contributed by atoms with Crippen LogP contribution in [0.3, 0.4) is 0 Å². The number of nitrogens with two attached hydrogens (primary N) is 1. The van der Waals surface area contributed by atoms with Crippen molar-refractivity contribution in [3.63, 3.8) is 0 Å². The van der Waals surface area contributed by atoms with Gasteiger partial charge in [-0.3, -0.25) is 0 Å². The molecule has 0 amide bonds. The van der Waals surface area contributed by atoms with E-state index in [0.29, 0.717) is 11.7 Å². The Hall–Kier alpha value is -2.56. The molecule has 1 aliphatic carbocycles. The highest BCUT2D eigenvalue weighted by Gasteiger charge is 2.25. The van der Waals surface area contributed by atoms with Crippen molar-refractivity contribution in [3.05, 3.63) is 47.9 Å². The maximum Gasteiger partial charge on any atom is 0.143 e. The Labute approximate surface area is 134 Å². The van der Waals surface area contributed by atoms with E-state index in [-0.39, 0.29) is 0 Å². The number of aryl methyl sites for hydroxylation is 1. The number of anilines is 1. The number of rotatable bonds is 1. The third kappa shape index (κ3) is 2.99. The molecule has 3 N–H and O–H groups in total. The van der Waals surface area contributed by atoms with Crippen LogP contribution in [0.5, 0.6) is 5.75 Å². The maximum atomic E-state index is 5.72. The summed E-state index contributed by atoms with van der Waals surface area (Å²) in [6, 6.07) is 10.3. The Morgan fingerprint density at radius 2 is 2.04 bits per heavy atom. The van der Waals surface area contributed by atoms with Crippen molar-refractivity contribution >= 4 is 16.9 Å². The first-order valence-electron chi connectivity index (χ1n) is 8.11. The summed E-state index contributed by atoms with van der Waals surface area (Å²) in [6.07, 6.45) is 6.39. The Balaban J connectivity index is 0.000000122. The molecule has 118 valence electrons. The monoisotopic (exact) mass is 308 g/mol. The van der Waals surface area contributed by atoms with Gasteiger partial charge >= 0.3 is 0 Å². The number of nitrogen functional groups attached to an aromatic ring is 1. The summed E-state index contributed by atoms with van der Waals surface area (Å²) in [4.78, 5) is 11.3. The summed E-state index contributed by atoms with van der Waals surface area (Å²) in [5.74, 6) is 2.34. The first-order valence-corrected chi connectivity index (χ1v) is 8.11. The first-order chi connectivity index (χ1) is 11.3. The number of H-pyrrole nitrogens is 1. The molecule has 23 heavy (non-hydrogen) atoms. The topological polar surface area (TPSA) is 76.8 Å². The quantitative estimate of drug-likeness (QED) is 0.722. The summed E-state index contributed by atoms with van der Waals surface area (Å²) < 4.78 is 5.42. The number of nitrogens with zero attached hydrogens (tertiary/aromatic N) is 2. The summed E-state index contributed by atoms with van der Waals surface area (Å²) in [5, 5.41) is 0.949. The summed E-state index contributed by atoms with van der Waals surface area (Å²) >= 11 is 0. The number of benzene rings is 1. The molecule has 5 heteroatoms. The zero-order valence-corrected chi connectivity index (χ0v) is 13.0.